The number of hydrogen-bond acceptors (Lipinski definition) is 8. The number of Topliss-reactive ketones (excluding diaryl/α,β-unsaturated/α-hetero) is 1. The Kier molecular flexibility index (Phi) is 8.38. The van der Waals surface area contributed by atoms with Crippen LogP contribution < -0.4 is 0 Å². The Morgan fingerprint density at radius 2 is 1.85 bits per heavy atom. The van der Waals surface area contributed by atoms with Crippen LogP contribution in [-0.2, 0) is 19.1 Å². The Labute approximate surface area is 206 Å². The number of aliphatic hydroxyl groups excluding tert-OH is 2. The summed E-state index contributed by atoms with van der Waals surface area (Å²) in [7, 11) is 0. The number of nitrogens with zero attached hydrogens (tertiary/aromatic N) is 1. The molecule has 2 aliphatic rings. The molecule has 1 fully saturated rings. The van der Waals surface area contributed by atoms with Gasteiger partial charge in [0.15, 0.2) is 0 Å². The molecule has 1 aromatic rings. The van der Waals surface area contributed by atoms with E-state index in [1.54, 1.807) is 32.1 Å². The molecule has 0 spiro atoms. The fraction of sp³-hybridized carbons (Fsp3) is 0.731. The third-order valence-electron chi connectivity index (χ3n) is 7.54. The third kappa shape index (κ3) is 5.78. The number of allylic oxidation sites excluding steroid dienone is 1. The van der Waals surface area contributed by atoms with E-state index in [2.05, 4.69) is 11.1 Å². The van der Waals surface area contributed by atoms with Gasteiger partial charge in [0.25, 0.3) is 0 Å². The van der Waals surface area contributed by atoms with Crippen LogP contribution in [0.4, 0.5) is 0 Å². The number of hydrogen-bond donors (Lipinski definition) is 2. The first-order valence-electron chi connectivity index (χ1n) is 12.2. The fourth-order valence-corrected chi connectivity index (χ4v) is 5.43. The van der Waals surface area contributed by atoms with Crippen molar-refractivity contribution in [2.75, 3.05) is 0 Å². The molecule has 0 bridgehead atoms. The van der Waals surface area contributed by atoms with Crippen molar-refractivity contribution in [3.05, 3.63) is 28.2 Å². The Hall–Kier alpha value is -1.61. The molecule has 2 N–H and O–H groups in total. The number of carbonyl (C=O) groups excluding carboxylic acids is 2. The number of aromatic nitrogens is 1. The molecule has 7 nitrogen and oxygen atoms in total. The van der Waals surface area contributed by atoms with Crippen molar-refractivity contribution in [3.8, 4) is 0 Å². The lowest BCUT2D eigenvalue weighted by atomic mass is 9.73. The van der Waals surface area contributed by atoms with Gasteiger partial charge >= 0.3 is 5.97 Å². The van der Waals surface area contributed by atoms with Crippen LogP contribution in [-0.4, -0.2) is 50.9 Å². The van der Waals surface area contributed by atoms with Crippen LogP contribution in [0.5, 0.6) is 0 Å². The summed E-state index contributed by atoms with van der Waals surface area (Å²) < 4.78 is 11.9. The maximum absolute atomic E-state index is 13.2. The van der Waals surface area contributed by atoms with Gasteiger partial charge in [-0.3, -0.25) is 9.59 Å². The van der Waals surface area contributed by atoms with Crippen molar-refractivity contribution < 1.29 is 29.3 Å². The van der Waals surface area contributed by atoms with Crippen LogP contribution in [0.3, 0.4) is 0 Å². The number of epoxide rings is 1. The van der Waals surface area contributed by atoms with Crippen LogP contribution in [0, 0.1) is 24.2 Å². The number of carbonyl (C=O) groups is 2. The lowest BCUT2D eigenvalue weighted by molar-refractivity contribution is -0.158. The summed E-state index contributed by atoms with van der Waals surface area (Å²) in [4.78, 5) is 30.6. The lowest BCUT2D eigenvalue weighted by Gasteiger charge is -2.34. The van der Waals surface area contributed by atoms with E-state index < -0.39 is 41.2 Å². The SMILES string of the molecule is Cc1nc(C2OC2(C)[C@@H]2C/C=C/CCC[C@H](C)[C@H](O)[C@@H](C)C(=O)C(C)(C)[C@@H](O)CC(=O)O2)cs1. The second-order valence-corrected chi connectivity index (χ2v) is 11.7. The van der Waals surface area contributed by atoms with E-state index >= 15 is 0 Å². The van der Waals surface area contributed by atoms with Crippen LogP contribution in [0.15, 0.2) is 17.5 Å². The van der Waals surface area contributed by atoms with Crippen molar-refractivity contribution in [2.45, 2.75) is 104 Å². The van der Waals surface area contributed by atoms with E-state index in [4.69, 9.17) is 9.47 Å². The number of esters is 1. The molecule has 34 heavy (non-hydrogen) atoms. The summed E-state index contributed by atoms with van der Waals surface area (Å²) in [6, 6.07) is 0. The average molecular weight is 494 g/mol. The lowest BCUT2D eigenvalue weighted by Crippen LogP contribution is -2.46. The van der Waals surface area contributed by atoms with Crippen molar-refractivity contribution in [1.29, 1.82) is 0 Å². The maximum atomic E-state index is 13.2. The predicted octanol–water partition coefficient (Wildman–Crippen LogP) is 4.30. The van der Waals surface area contributed by atoms with E-state index in [0.29, 0.717) is 6.42 Å². The van der Waals surface area contributed by atoms with Crippen molar-refractivity contribution in [3.63, 3.8) is 0 Å². The minimum absolute atomic E-state index is 0.0491. The molecule has 0 saturated carbocycles. The highest BCUT2D eigenvalue weighted by Gasteiger charge is 2.61. The number of cyclic esters (lactones) is 1. The molecule has 190 valence electrons. The third-order valence-corrected chi connectivity index (χ3v) is 8.33. The number of thiazole rings is 1. The topological polar surface area (TPSA) is 109 Å². The summed E-state index contributed by atoms with van der Waals surface area (Å²) in [5.74, 6) is -1.53. The highest BCUT2D eigenvalue weighted by Crippen LogP contribution is 2.53. The number of rotatable bonds is 2. The molecule has 1 aromatic heterocycles. The van der Waals surface area contributed by atoms with E-state index in [0.717, 1.165) is 30.0 Å². The van der Waals surface area contributed by atoms with Gasteiger partial charge in [-0.05, 0) is 39.0 Å². The molecule has 0 aromatic carbocycles. The second kappa shape index (κ2) is 10.6. The van der Waals surface area contributed by atoms with E-state index in [1.165, 1.54) is 0 Å². The van der Waals surface area contributed by atoms with Crippen LogP contribution in [0.1, 0.15) is 83.5 Å². The summed E-state index contributed by atoms with van der Waals surface area (Å²) in [6.07, 6.45) is 3.91. The minimum atomic E-state index is -1.23. The van der Waals surface area contributed by atoms with Gasteiger partial charge in [-0.25, -0.2) is 4.98 Å². The molecule has 0 aliphatic carbocycles. The Morgan fingerprint density at radius 1 is 1.15 bits per heavy atom. The molecule has 3 heterocycles. The van der Waals surface area contributed by atoms with E-state index in [1.807, 2.05) is 32.2 Å². The number of ketones is 1. The van der Waals surface area contributed by atoms with E-state index in [9.17, 15) is 19.8 Å². The Balaban J connectivity index is 1.81. The molecule has 0 amide bonds. The van der Waals surface area contributed by atoms with Gasteiger partial charge in [0.05, 0.1) is 34.7 Å². The van der Waals surface area contributed by atoms with Crippen molar-refractivity contribution in [2.24, 2.45) is 17.3 Å². The molecule has 2 unspecified atom stereocenters. The zero-order valence-electron chi connectivity index (χ0n) is 21.1. The van der Waals surface area contributed by atoms with Gasteiger partial charge in [0.2, 0.25) is 0 Å². The Bertz CT molecular complexity index is 911. The summed E-state index contributed by atoms with van der Waals surface area (Å²) >= 11 is 1.55. The molecule has 1 saturated heterocycles. The molecular formula is C26H39NO6S. The minimum Gasteiger partial charge on any atom is -0.459 e. The van der Waals surface area contributed by atoms with Gasteiger partial charge in [0.1, 0.15) is 23.6 Å². The van der Waals surface area contributed by atoms with Crippen LogP contribution in [0.25, 0.3) is 0 Å². The molecule has 8 heteroatoms. The zero-order valence-corrected chi connectivity index (χ0v) is 21.9. The van der Waals surface area contributed by atoms with Crippen LogP contribution in [0.2, 0.25) is 0 Å². The average Bonchev–Trinajstić information content (AvgIpc) is 3.29. The normalized spacial score (nSPS) is 38.8. The highest BCUT2D eigenvalue weighted by molar-refractivity contribution is 7.09. The quantitative estimate of drug-likeness (QED) is 0.359. The summed E-state index contributed by atoms with van der Waals surface area (Å²) in [5.41, 5.74) is -1.06. The Morgan fingerprint density at radius 3 is 2.50 bits per heavy atom. The van der Waals surface area contributed by atoms with Gasteiger partial charge in [-0.1, -0.05) is 39.8 Å². The van der Waals surface area contributed by atoms with Crippen molar-refractivity contribution in [1.82, 2.24) is 4.98 Å². The first kappa shape index (κ1) is 27.0. The van der Waals surface area contributed by atoms with Gasteiger partial charge < -0.3 is 19.7 Å². The zero-order chi connectivity index (χ0) is 25.3. The monoisotopic (exact) mass is 493 g/mol. The fourth-order valence-electron chi connectivity index (χ4n) is 4.80. The number of ether oxygens (including phenoxy) is 2. The van der Waals surface area contributed by atoms with Gasteiger partial charge in [0, 0.05) is 17.7 Å². The molecule has 0 radical (unpaired) electrons. The standard InChI is InChI=1S/C26H39NO6S/c1-15-11-9-7-8-10-12-20(26(6)24(33-26)18-14-34-17(3)27-18)32-21(29)13-19(28)25(4,5)23(31)16(2)22(15)30/h8,10,14-16,19-20,22,24,28,30H,7,9,11-13H2,1-6H3/b10-8+/t15-,16+,19-,20-,22-,24?,26?/m0/s1. The molecule has 3 rings (SSSR count). The molecular weight excluding hydrogens is 454 g/mol. The summed E-state index contributed by atoms with van der Waals surface area (Å²) in [6.45, 7) is 10.7. The largest absolute Gasteiger partial charge is 0.459 e. The summed E-state index contributed by atoms with van der Waals surface area (Å²) in [5, 5.41) is 24.5. The van der Waals surface area contributed by atoms with Crippen LogP contribution >= 0.6 is 11.3 Å². The second-order valence-electron chi connectivity index (χ2n) is 10.7. The van der Waals surface area contributed by atoms with Gasteiger partial charge in [-0.15, -0.1) is 11.3 Å². The maximum Gasteiger partial charge on any atom is 0.308 e. The van der Waals surface area contributed by atoms with E-state index in [-0.39, 0.29) is 24.2 Å². The number of aryl methyl sites for hydroxylation is 1. The predicted molar refractivity (Wildman–Crippen MR) is 130 cm³/mol. The molecule has 7 atom stereocenters. The highest BCUT2D eigenvalue weighted by atomic mass is 32.1. The first-order valence-corrected chi connectivity index (χ1v) is 13.1. The van der Waals surface area contributed by atoms with Gasteiger partial charge in [-0.2, -0.15) is 0 Å². The first-order chi connectivity index (χ1) is 15.9. The number of aliphatic hydroxyl groups is 2. The molecule has 2 aliphatic heterocycles. The van der Waals surface area contributed by atoms with Crippen molar-refractivity contribution >= 4 is 23.1 Å². The smallest absolute Gasteiger partial charge is 0.308 e.